The molecule has 4 rings (SSSR count). The van der Waals surface area contributed by atoms with Crippen molar-refractivity contribution in [1.29, 1.82) is 0 Å². The zero-order valence-corrected chi connectivity index (χ0v) is 14.3. The van der Waals surface area contributed by atoms with Gasteiger partial charge in [0.1, 0.15) is 0 Å². The summed E-state index contributed by atoms with van der Waals surface area (Å²) >= 11 is 0. The number of ketones is 1. The van der Waals surface area contributed by atoms with E-state index in [1.54, 1.807) is 42.5 Å². The molecule has 0 amide bonds. The Morgan fingerprint density at radius 1 is 0.760 bits per heavy atom. The summed E-state index contributed by atoms with van der Waals surface area (Å²) in [7, 11) is -2.34. The predicted octanol–water partition coefficient (Wildman–Crippen LogP) is 3.72. The maximum atomic E-state index is 13.1. The second-order valence-corrected chi connectivity index (χ2v) is 7.83. The Kier molecular flexibility index (Phi) is 3.47. The molecule has 0 saturated heterocycles. The van der Waals surface area contributed by atoms with Crippen molar-refractivity contribution in [3.63, 3.8) is 0 Å². The Labute approximate surface area is 146 Å². The Balaban J connectivity index is 2.00. The van der Waals surface area contributed by atoms with Gasteiger partial charge in [-0.2, -0.15) is 0 Å². The molecule has 0 N–H and O–H groups in total. The third-order valence-electron chi connectivity index (χ3n) is 4.46. The van der Waals surface area contributed by atoms with Crippen LogP contribution in [0, 0.1) is 0 Å². The number of sulfonamides is 1. The molecule has 0 spiro atoms. The highest BCUT2D eigenvalue weighted by atomic mass is 32.2. The highest BCUT2D eigenvalue weighted by Crippen LogP contribution is 2.35. The lowest BCUT2D eigenvalue weighted by Gasteiger charge is -2.19. The third-order valence-corrected chi connectivity index (χ3v) is 6.27. The maximum absolute atomic E-state index is 13.1. The van der Waals surface area contributed by atoms with E-state index < -0.39 is 10.0 Å². The van der Waals surface area contributed by atoms with Crippen molar-refractivity contribution in [3.8, 4) is 11.1 Å². The zero-order valence-electron chi connectivity index (χ0n) is 13.5. The van der Waals surface area contributed by atoms with E-state index in [2.05, 4.69) is 0 Å². The summed E-state index contributed by atoms with van der Waals surface area (Å²) < 4.78 is 27.4. The molecule has 4 nitrogen and oxygen atoms in total. The summed E-state index contributed by atoms with van der Waals surface area (Å²) in [4.78, 5) is 13.0. The van der Waals surface area contributed by atoms with Crippen LogP contribution >= 0.6 is 0 Å². The number of hydrogen-bond acceptors (Lipinski definition) is 3. The van der Waals surface area contributed by atoms with E-state index in [1.807, 2.05) is 30.3 Å². The van der Waals surface area contributed by atoms with Crippen LogP contribution in [-0.4, -0.2) is 21.2 Å². The van der Waals surface area contributed by atoms with Gasteiger partial charge in [-0.3, -0.25) is 9.10 Å². The lowest BCUT2D eigenvalue weighted by atomic mass is 9.98. The van der Waals surface area contributed by atoms with Crippen LogP contribution in [0.1, 0.15) is 15.9 Å². The zero-order chi connectivity index (χ0) is 17.6. The summed E-state index contributed by atoms with van der Waals surface area (Å²) in [6.45, 7) is 0. The van der Waals surface area contributed by atoms with Crippen molar-refractivity contribution in [1.82, 2.24) is 0 Å². The second kappa shape index (κ2) is 5.57. The van der Waals surface area contributed by atoms with Crippen LogP contribution in [0.2, 0.25) is 0 Å². The molecule has 0 fully saturated rings. The molecule has 3 aromatic carbocycles. The van der Waals surface area contributed by atoms with Gasteiger partial charge in [0.2, 0.25) is 0 Å². The lowest BCUT2D eigenvalue weighted by Crippen LogP contribution is -2.26. The summed E-state index contributed by atoms with van der Waals surface area (Å²) in [5.41, 5.74) is 2.65. The molecule has 5 heteroatoms. The fraction of sp³-hybridized carbons (Fsp3) is 0.0500. The molecule has 3 aromatic rings. The first-order valence-electron chi connectivity index (χ1n) is 7.82. The Morgan fingerprint density at radius 3 is 2.20 bits per heavy atom. The maximum Gasteiger partial charge on any atom is 0.264 e. The number of carbonyl (C=O) groups is 1. The number of anilines is 1. The minimum atomic E-state index is -3.82. The van der Waals surface area contributed by atoms with Gasteiger partial charge in [0.15, 0.2) is 5.78 Å². The largest absolute Gasteiger partial charge is 0.288 e. The van der Waals surface area contributed by atoms with Gasteiger partial charge >= 0.3 is 0 Å². The van der Waals surface area contributed by atoms with Crippen molar-refractivity contribution in [2.24, 2.45) is 0 Å². The number of nitrogens with zero attached hydrogens (tertiary/aromatic N) is 1. The van der Waals surface area contributed by atoms with E-state index in [9.17, 15) is 13.2 Å². The van der Waals surface area contributed by atoms with E-state index in [0.29, 0.717) is 11.3 Å². The second-order valence-electron chi connectivity index (χ2n) is 5.90. The van der Waals surface area contributed by atoms with Crippen LogP contribution in [0.3, 0.4) is 0 Å². The fourth-order valence-electron chi connectivity index (χ4n) is 3.10. The van der Waals surface area contributed by atoms with Crippen LogP contribution in [-0.2, 0) is 10.0 Å². The highest BCUT2D eigenvalue weighted by molar-refractivity contribution is 7.93. The fourth-order valence-corrected chi connectivity index (χ4v) is 4.52. The normalized spacial score (nSPS) is 15.2. The van der Waals surface area contributed by atoms with E-state index >= 15 is 0 Å². The van der Waals surface area contributed by atoms with Crippen molar-refractivity contribution in [2.45, 2.75) is 4.90 Å². The monoisotopic (exact) mass is 349 g/mol. The summed E-state index contributed by atoms with van der Waals surface area (Å²) in [5, 5.41) is 0. The third kappa shape index (κ3) is 2.36. The minimum Gasteiger partial charge on any atom is -0.288 e. The highest BCUT2D eigenvalue weighted by Gasteiger charge is 2.34. The molecule has 124 valence electrons. The SMILES string of the molecule is CN1c2ccccc2C(=O)c2ccc(-c3ccccc3)cc2S1(=O)=O. The molecule has 0 aliphatic carbocycles. The molecule has 1 heterocycles. The van der Waals surface area contributed by atoms with Crippen molar-refractivity contribution < 1.29 is 13.2 Å². The van der Waals surface area contributed by atoms with Gasteiger partial charge in [0, 0.05) is 18.2 Å². The van der Waals surface area contributed by atoms with Crippen molar-refractivity contribution >= 4 is 21.5 Å². The standard InChI is InChI=1S/C20H15NO3S/c1-21-18-10-6-5-9-16(18)20(22)17-12-11-15(13-19(17)25(21,23)24)14-7-3-2-4-8-14/h2-13H,1H3. The van der Waals surface area contributed by atoms with E-state index in [1.165, 1.54) is 11.4 Å². The number of hydrogen-bond donors (Lipinski definition) is 0. The first kappa shape index (κ1) is 15.6. The van der Waals surface area contributed by atoms with Gasteiger partial charge in [-0.15, -0.1) is 0 Å². The molecule has 0 saturated carbocycles. The quantitative estimate of drug-likeness (QED) is 0.673. The Morgan fingerprint density at radius 2 is 1.44 bits per heavy atom. The van der Waals surface area contributed by atoms with Gasteiger partial charge in [-0.1, -0.05) is 48.5 Å². The number of fused-ring (bicyclic) bond motifs is 2. The van der Waals surface area contributed by atoms with Gasteiger partial charge in [0.25, 0.3) is 10.0 Å². The van der Waals surface area contributed by atoms with Crippen LogP contribution in [0.4, 0.5) is 5.69 Å². The Bertz CT molecular complexity index is 1090. The summed E-state index contributed by atoms with van der Waals surface area (Å²) in [5.74, 6) is -0.280. The molecule has 0 unspecified atom stereocenters. The van der Waals surface area contributed by atoms with E-state index in [0.717, 1.165) is 11.1 Å². The van der Waals surface area contributed by atoms with Crippen LogP contribution in [0.15, 0.2) is 77.7 Å². The molecule has 25 heavy (non-hydrogen) atoms. The number of carbonyl (C=O) groups excluding carboxylic acids is 1. The number of para-hydroxylation sites is 1. The molecule has 0 bridgehead atoms. The predicted molar refractivity (Wildman–Crippen MR) is 97.3 cm³/mol. The first-order chi connectivity index (χ1) is 12.0. The molecular weight excluding hydrogens is 334 g/mol. The number of rotatable bonds is 1. The van der Waals surface area contributed by atoms with Gasteiger partial charge < -0.3 is 0 Å². The van der Waals surface area contributed by atoms with Crippen LogP contribution < -0.4 is 4.31 Å². The first-order valence-corrected chi connectivity index (χ1v) is 9.26. The van der Waals surface area contributed by atoms with E-state index in [-0.39, 0.29) is 16.2 Å². The molecule has 1 aliphatic rings. The molecule has 0 aromatic heterocycles. The van der Waals surface area contributed by atoms with Crippen LogP contribution in [0.25, 0.3) is 11.1 Å². The van der Waals surface area contributed by atoms with Crippen LogP contribution in [0.5, 0.6) is 0 Å². The summed E-state index contributed by atoms with van der Waals surface area (Å²) in [6.07, 6.45) is 0. The van der Waals surface area contributed by atoms with Gasteiger partial charge in [0.05, 0.1) is 10.6 Å². The Hall–Kier alpha value is -2.92. The molecular formula is C20H15NO3S. The average molecular weight is 349 g/mol. The van der Waals surface area contributed by atoms with Gasteiger partial charge in [-0.25, -0.2) is 8.42 Å². The summed E-state index contributed by atoms with van der Waals surface area (Å²) in [6, 6.07) is 21.2. The van der Waals surface area contributed by atoms with Crippen molar-refractivity contribution in [3.05, 3.63) is 83.9 Å². The smallest absolute Gasteiger partial charge is 0.264 e. The number of benzene rings is 3. The lowest BCUT2D eigenvalue weighted by molar-refractivity contribution is 0.103. The van der Waals surface area contributed by atoms with E-state index in [4.69, 9.17) is 0 Å². The average Bonchev–Trinajstić information content (AvgIpc) is 2.72. The van der Waals surface area contributed by atoms with Crippen molar-refractivity contribution in [2.75, 3.05) is 11.4 Å². The molecule has 0 atom stereocenters. The minimum absolute atomic E-state index is 0.0394. The molecule has 0 radical (unpaired) electrons. The topological polar surface area (TPSA) is 54.5 Å². The molecule has 1 aliphatic heterocycles. The van der Waals surface area contributed by atoms with Gasteiger partial charge in [-0.05, 0) is 35.4 Å².